The summed E-state index contributed by atoms with van der Waals surface area (Å²) in [7, 11) is 0. The van der Waals surface area contributed by atoms with E-state index >= 15 is 0 Å². The van der Waals surface area contributed by atoms with Gasteiger partial charge in [-0.05, 0) is 30.9 Å². The van der Waals surface area contributed by atoms with Crippen molar-refractivity contribution in [3.63, 3.8) is 0 Å². The lowest BCUT2D eigenvalue weighted by atomic mass is 9.87. The molecule has 1 aromatic rings. The van der Waals surface area contributed by atoms with Crippen molar-refractivity contribution in [3.8, 4) is 0 Å². The summed E-state index contributed by atoms with van der Waals surface area (Å²) in [4.78, 5) is 3.94. The second-order valence-electron chi connectivity index (χ2n) is 5.29. The van der Waals surface area contributed by atoms with E-state index in [-0.39, 0.29) is 37.0 Å². The van der Waals surface area contributed by atoms with E-state index in [1.165, 1.54) is 0 Å². The van der Waals surface area contributed by atoms with E-state index < -0.39 is 17.6 Å². The molecule has 7 heteroatoms. The maximum atomic E-state index is 13.4. The molecule has 1 unspecified atom stereocenters. The van der Waals surface area contributed by atoms with Gasteiger partial charge in [0.2, 0.25) is 5.92 Å². The first kappa shape index (κ1) is 15.6. The number of alkyl halides is 2. The zero-order chi connectivity index (χ0) is 15.5. The molecule has 0 spiro atoms. The van der Waals surface area contributed by atoms with Crippen LogP contribution in [0.5, 0.6) is 0 Å². The van der Waals surface area contributed by atoms with Gasteiger partial charge >= 0.3 is 0 Å². The zero-order valence-corrected chi connectivity index (χ0v) is 11.4. The van der Waals surface area contributed by atoms with E-state index in [2.05, 4.69) is 10.3 Å². The summed E-state index contributed by atoms with van der Waals surface area (Å²) in [6, 6.07) is 2.90. The van der Waals surface area contributed by atoms with Gasteiger partial charge in [0.15, 0.2) is 5.96 Å². The molecule has 3 nitrogen and oxygen atoms in total. The van der Waals surface area contributed by atoms with Gasteiger partial charge in [0.25, 0.3) is 0 Å². The number of rotatable bonds is 3. The molecule has 0 bridgehead atoms. The smallest absolute Gasteiger partial charge is 0.248 e. The number of aliphatic imine (C=N–C) groups is 1. The first-order valence-corrected chi connectivity index (χ1v) is 6.75. The van der Waals surface area contributed by atoms with Crippen LogP contribution in [0.15, 0.2) is 23.2 Å². The lowest BCUT2D eigenvalue weighted by Gasteiger charge is -2.27. The highest BCUT2D eigenvalue weighted by atomic mass is 19.3. The molecule has 1 aliphatic rings. The van der Waals surface area contributed by atoms with Crippen LogP contribution in [0.3, 0.4) is 0 Å². The molecule has 2 rings (SSSR count). The summed E-state index contributed by atoms with van der Waals surface area (Å²) in [5.41, 5.74) is 5.44. The molecule has 1 aromatic carbocycles. The Morgan fingerprint density at radius 3 is 2.86 bits per heavy atom. The van der Waals surface area contributed by atoms with Gasteiger partial charge in [0.1, 0.15) is 11.6 Å². The Morgan fingerprint density at radius 1 is 1.38 bits per heavy atom. The molecule has 0 amide bonds. The van der Waals surface area contributed by atoms with Crippen molar-refractivity contribution in [2.75, 3.05) is 11.9 Å². The molecule has 1 aliphatic carbocycles. The summed E-state index contributed by atoms with van der Waals surface area (Å²) < 4.78 is 52.8. The van der Waals surface area contributed by atoms with E-state index in [1.54, 1.807) is 0 Å². The Hall–Kier alpha value is -1.79. The van der Waals surface area contributed by atoms with Crippen LogP contribution < -0.4 is 11.1 Å². The normalized spacial score (nSPS) is 22.1. The molecule has 1 atom stereocenters. The highest BCUT2D eigenvalue weighted by Gasteiger charge is 2.35. The van der Waals surface area contributed by atoms with Crippen LogP contribution in [0.25, 0.3) is 0 Å². The Bertz CT molecular complexity index is 531. The molecule has 3 N–H and O–H groups in total. The minimum Gasteiger partial charge on any atom is -0.370 e. The molecule has 0 radical (unpaired) electrons. The summed E-state index contributed by atoms with van der Waals surface area (Å²) in [5.74, 6) is -4.29. The largest absolute Gasteiger partial charge is 0.370 e. The third-order valence-electron chi connectivity index (χ3n) is 3.45. The quantitative estimate of drug-likeness (QED) is 0.510. The van der Waals surface area contributed by atoms with Crippen molar-refractivity contribution >= 4 is 11.6 Å². The molecule has 116 valence electrons. The third-order valence-corrected chi connectivity index (χ3v) is 3.45. The van der Waals surface area contributed by atoms with E-state index in [0.29, 0.717) is 12.8 Å². The zero-order valence-electron chi connectivity index (χ0n) is 11.4. The molecule has 1 fully saturated rings. The van der Waals surface area contributed by atoms with Gasteiger partial charge in [-0.3, -0.25) is 4.99 Å². The van der Waals surface area contributed by atoms with E-state index in [4.69, 9.17) is 5.73 Å². The van der Waals surface area contributed by atoms with Gasteiger partial charge in [-0.15, -0.1) is 0 Å². The predicted octanol–water partition coefficient (Wildman–Crippen LogP) is 3.52. The average Bonchev–Trinajstić information content (AvgIpc) is 2.40. The number of nitrogens with zero attached hydrogens (tertiary/aromatic N) is 1. The highest BCUT2D eigenvalue weighted by molar-refractivity contribution is 5.92. The molecule has 1 saturated carbocycles. The van der Waals surface area contributed by atoms with Gasteiger partial charge in [-0.25, -0.2) is 17.6 Å². The number of guanidine groups is 1. The van der Waals surface area contributed by atoms with Gasteiger partial charge in [-0.1, -0.05) is 0 Å². The number of benzene rings is 1. The Labute approximate surface area is 120 Å². The molecule has 0 heterocycles. The van der Waals surface area contributed by atoms with Crippen LogP contribution in [0.2, 0.25) is 0 Å². The van der Waals surface area contributed by atoms with Crippen molar-refractivity contribution in [1.82, 2.24) is 0 Å². The Kier molecular flexibility index (Phi) is 4.69. The monoisotopic (exact) mass is 303 g/mol. The molecule has 0 saturated heterocycles. The lowest BCUT2D eigenvalue weighted by Crippen LogP contribution is -2.29. The van der Waals surface area contributed by atoms with Crippen LogP contribution in [0.4, 0.5) is 23.2 Å². The fraction of sp³-hybridized carbons (Fsp3) is 0.500. The summed E-state index contributed by atoms with van der Waals surface area (Å²) >= 11 is 0. The van der Waals surface area contributed by atoms with Gasteiger partial charge in [0.05, 0.1) is 5.69 Å². The number of anilines is 1. The van der Waals surface area contributed by atoms with Crippen molar-refractivity contribution in [2.45, 2.75) is 31.6 Å². The number of nitrogens with two attached hydrogens (primary N) is 1. The molecule has 21 heavy (non-hydrogen) atoms. The molecule has 0 aromatic heterocycles. The van der Waals surface area contributed by atoms with Crippen molar-refractivity contribution < 1.29 is 17.6 Å². The van der Waals surface area contributed by atoms with E-state index in [1.807, 2.05) is 0 Å². The van der Waals surface area contributed by atoms with Crippen molar-refractivity contribution in [2.24, 2.45) is 16.6 Å². The maximum absolute atomic E-state index is 13.4. The molecular weight excluding hydrogens is 286 g/mol. The topological polar surface area (TPSA) is 50.4 Å². The summed E-state index contributed by atoms with van der Waals surface area (Å²) in [6.07, 6.45) is 0.827. The lowest BCUT2D eigenvalue weighted by molar-refractivity contribution is -0.0507. The fourth-order valence-corrected chi connectivity index (χ4v) is 2.43. The Balaban J connectivity index is 1.93. The van der Waals surface area contributed by atoms with Crippen molar-refractivity contribution in [3.05, 3.63) is 29.8 Å². The first-order valence-electron chi connectivity index (χ1n) is 6.75. The fourth-order valence-electron chi connectivity index (χ4n) is 2.43. The van der Waals surface area contributed by atoms with Gasteiger partial charge in [-0.2, -0.15) is 0 Å². The second-order valence-corrected chi connectivity index (χ2v) is 5.29. The van der Waals surface area contributed by atoms with Gasteiger partial charge < -0.3 is 11.1 Å². The second kappa shape index (κ2) is 6.32. The summed E-state index contributed by atoms with van der Waals surface area (Å²) in [6.45, 7) is 0.144. The number of hydrogen-bond acceptors (Lipinski definition) is 1. The SMILES string of the molecule is NC(=NCC1CCCC(F)(F)C1)Nc1cc(F)ccc1F. The number of hydrogen-bond donors (Lipinski definition) is 2. The average molecular weight is 303 g/mol. The maximum Gasteiger partial charge on any atom is 0.248 e. The van der Waals surface area contributed by atoms with Crippen LogP contribution in [0, 0.1) is 17.6 Å². The Morgan fingerprint density at radius 2 is 2.14 bits per heavy atom. The van der Waals surface area contributed by atoms with Gasteiger partial charge in [0, 0.05) is 25.5 Å². The van der Waals surface area contributed by atoms with Crippen LogP contribution in [-0.2, 0) is 0 Å². The van der Waals surface area contributed by atoms with E-state index in [9.17, 15) is 17.6 Å². The first-order chi connectivity index (χ1) is 9.85. The standard InChI is InChI=1S/C14H17F4N3/c15-10-3-4-11(16)12(6-10)21-13(19)20-8-9-2-1-5-14(17,18)7-9/h3-4,6,9H,1-2,5,7-8H2,(H3,19,20,21). The summed E-state index contributed by atoms with van der Waals surface area (Å²) in [5, 5.41) is 2.44. The van der Waals surface area contributed by atoms with E-state index in [0.717, 1.165) is 18.2 Å². The molecular formula is C14H17F4N3. The number of nitrogens with one attached hydrogen (secondary N) is 1. The minimum absolute atomic E-state index is 0.0878. The minimum atomic E-state index is -2.64. The van der Waals surface area contributed by atoms with Crippen LogP contribution in [0.1, 0.15) is 25.7 Å². The highest BCUT2D eigenvalue weighted by Crippen LogP contribution is 2.36. The predicted molar refractivity (Wildman–Crippen MR) is 73.4 cm³/mol. The molecule has 0 aliphatic heterocycles. The van der Waals surface area contributed by atoms with Crippen LogP contribution in [-0.4, -0.2) is 18.4 Å². The van der Waals surface area contributed by atoms with Crippen molar-refractivity contribution in [1.29, 1.82) is 0 Å². The van der Waals surface area contributed by atoms with Crippen LogP contribution >= 0.6 is 0 Å². The third kappa shape index (κ3) is 4.61. The number of halogens is 4.